The highest BCUT2D eigenvalue weighted by molar-refractivity contribution is 6.42. The van der Waals surface area contributed by atoms with Gasteiger partial charge in [0.1, 0.15) is 0 Å². The van der Waals surface area contributed by atoms with Crippen LogP contribution in [0.25, 0.3) is 0 Å². The molecule has 0 amide bonds. The van der Waals surface area contributed by atoms with Crippen molar-refractivity contribution in [3.8, 4) is 0 Å². The van der Waals surface area contributed by atoms with E-state index in [1.807, 2.05) is 35.6 Å². The number of rotatable bonds is 4. The molecule has 23 heavy (non-hydrogen) atoms. The zero-order valence-electron chi connectivity index (χ0n) is 13.6. The van der Waals surface area contributed by atoms with Crippen molar-refractivity contribution in [3.05, 3.63) is 40.6 Å². The maximum Gasteiger partial charge on any atom is 0.209 e. The van der Waals surface area contributed by atoms with Gasteiger partial charge in [-0.15, -0.1) is 0 Å². The monoisotopic (exact) mass is 353 g/mol. The molecule has 0 saturated heterocycles. The molecule has 5 nitrogen and oxygen atoms in total. The predicted octanol–water partition coefficient (Wildman–Crippen LogP) is 5.03. The van der Waals surface area contributed by atoms with E-state index in [1.54, 1.807) is 18.3 Å². The second-order valence-corrected chi connectivity index (χ2v) is 6.60. The summed E-state index contributed by atoms with van der Waals surface area (Å²) in [4.78, 5) is 6.12. The maximum atomic E-state index is 8.44. The lowest BCUT2D eigenvalue weighted by Gasteiger charge is -2.29. The molecule has 0 fully saturated rings. The van der Waals surface area contributed by atoms with Gasteiger partial charge in [-0.1, -0.05) is 23.2 Å². The molecule has 0 spiro atoms. The van der Waals surface area contributed by atoms with Crippen molar-refractivity contribution < 1.29 is 0 Å². The number of halogens is 2. The Hall–Kier alpha value is -1.72. The average Bonchev–Trinajstić information content (AvgIpc) is 2.90. The van der Waals surface area contributed by atoms with Gasteiger partial charge in [0.2, 0.25) is 11.9 Å². The molecule has 0 saturated carbocycles. The van der Waals surface area contributed by atoms with Gasteiger partial charge in [0, 0.05) is 30.2 Å². The number of nitrogens with zero attached hydrogens (tertiary/aromatic N) is 3. The minimum absolute atomic E-state index is 0.0645. The molecule has 0 atom stereocenters. The Morgan fingerprint density at radius 3 is 2.48 bits per heavy atom. The molecule has 0 aliphatic carbocycles. The van der Waals surface area contributed by atoms with Crippen LogP contribution in [0.3, 0.4) is 0 Å². The van der Waals surface area contributed by atoms with Crippen molar-refractivity contribution in [1.82, 2.24) is 9.55 Å². The number of anilines is 2. The Kier molecular flexibility index (Phi) is 5.55. The van der Waals surface area contributed by atoms with Crippen LogP contribution in [-0.4, -0.2) is 21.6 Å². The summed E-state index contributed by atoms with van der Waals surface area (Å²) in [5.74, 6) is 0.863. The average molecular weight is 354 g/mol. The van der Waals surface area contributed by atoms with Gasteiger partial charge in [-0.2, -0.15) is 0 Å². The molecule has 0 bridgehead atoms. The van der Waals surface area contributed by atoms with Crippen molar-refractivity contribution in [2.45, 2.75) is 39.8 Å². The van der Waals surface area contributed by atoms with Crippen LogP contribution in [0.2, 0.25) is 10.0 Å². The molecule has 0 aliphatic rings. The van der Waals surface area contributed by atoms with Gasteiger partial charge in [0.25, 0.3) is 0 Å². The van der Waals surface area contributed by atoms with Gasteiger partial charge in [0.15, 0.2) is 0 Å². The smallest absolute Gasteiger partial charge is 0.209 e. The van der Waals surface area contributed by atoms with Crippen LogP contribution in [0, 0.1) is 5.41 Å². The Labute approximate surface area is 146 Å². The number of hydrogen-bond acceptors (Lipinski definition) is 2. The summed E-state index contributed by atoms with van der Waals surface area (Å²) in [5, 5.41) is 12.5. The van der Waals surface area contributed by atoms with E-state index < -0.39 is 0 Å². The third-order valence-corrected chi connectivity index (χ3v) is 4.13. The molecule has 1 heterocycles. The topological polar surface area (TPSA) is 56.9 Å². The molecule has 2 N–H and O–H groups in total. The van der Waals surface area contributed by atoms with E-state index in [4.69, 9.17) is 28.6 Å². The molecule has 0 radical (unpaired) electrons. The van der Waals surface area contributed by atoms with E-state index in [-0.39, 0.29) is 18.0 Å². The van der Waals surface area contributed by atoms with Gasteiger partial charge in [-0.3, -0.25) is 10.7 Å². The molecule has 0 aliphatic heterocycles. The molecular formula is C16H21Cl2N5. The van der Waals surface area contributed by atoms with E-state index in [9.17, 15) is 0 Å². The van der Waals surface area contributed by atoms with Crippen molar-refractivity contribution in [2.24, 2.45) is 0 Å². The first kappa shape index (κ1) is 17.6. The zero-order chi connectivity index (χ0) is 17.1. The number of hydrogen-bond donors (Lipinski definition) is 2. The fourth-order valence-corrected chi connectivity index (χ4v) is 2.61. The predicted molar refractivity (Wildman–Crippen MR) is 98.0 cm³/mol. The largest absolute Gasteiger partial charge is 0.315 e. The Morgan fingerprint density at radius 1 is 1.22 bits per heavy atom. The van der Waals surface area contributed by atoms with Crippen molar-refractivity contribution in [3.63, 3.8) is 0 Å². The molecule has 7 heteroatoms. The molecule has 2 rings (SSSR count). The summed E-state index contributed by atoms with van der Waals surface area (Å²) < 4.78 is 1.97. The summed E-state index contributed by atoms with van der Waals surface area (Å²) in [5.41, 5.74) is 0.801. The normalized spacial score (nSPS) is 11.1. The first-order chi connectivity index (χ1) is 10.8. The third kappa shape index (κ3) is 3.98. The SMILES string of the molecule is CC(C)N(C(=N)Nc1nccn1C(C)C)c1ccc(Cl)c(Cl)c1. The number of guanidine groups is 1. The van der Waals surface area contributed by atoms with E-state index >= 15 is 0 Å². The lowest BCUT2D eigenvalue weighted by Crippen LogP contribution is -2.41. The number of benzene rings is 1. The first-order valence-electron chi connectivity index (χ1n) is 7.44. The van der Waals surface area contributed by atoms with Gasteiger partial charge in [-0.25, -0.2) is 4.98 Å². The van der Waals surface area contributed by atoms with E-state index in [0.29, 0.717) is 16.0 Å². The highest BCUT2D eigenvalue weighted by atomic mass is 35.5. The number of imidazole rings is 1. The van der Waals surface area contributed by atoms with Gasteiger partial charge >= 0.3 is 0 Å². The second-order valence-electron chi connectivity index (χ2n) is 5.79. The van der Waals surface area contributed by atoms with Crippen molar-refractivity contribution >= 4 is 40.8 Å². The third-order valence-electron chi connectivity index (χ3n) is 3.39. The molecule has 124 valence electrons. The Bertz CT molecular complexity index is 694. The Balaban J connectivity index is 2.28. The lowest BCUT2D eigenvalue weighted by atomic mass is 10.2. The summed E-state index contributed by atoms with van der Waals surface area (Å²) in [6, 6.07) is 5.66. The summed E-state index contributed by atoms with van der Waals surface area (Å²) in [6.45, 7) is 8.15. The fraction of sp³-hybridized carbons (Fsp3) is 0.375. The summed E-state index contributed by atoms with van der Waals surface area (Å²) >= 11 is 12.1. The Morgan fingerprint density at radius 2 is 1.91 bits per heavy atom. The summed E-state index contributed by atoms with van der Waals surface area (Å²) in [7, 11) is 0. The highest BCUT2D eigenvalue weighted by Crippen LogP contribution is 2.28. The minimum atomic E-state index is 0.0645. The number of nitrogens with one attached hydrogen (secondary N) is 2. The van der Waals surface area contributed by atoms with Crippen LogP contribution in [-0.2, 0) is 0 Å². The van der Waals surface area contributed by atoms with Crippen LogP contribution in [0.15, 0.2) is 30.6 Å². The fourth-order valence-electron chi connectivity index (χ4n) is 2.31. The van der Waals surface area contributed by atoms with Crippen LogP contribution in [0.5, 0.6) is 0 Å². The molecule has 1 aromatic carbocycles. The molecular weight excluding hydrogens is 333 g/mol. The first-order valence-corrected chi connectivity index (χ1v) is 8.19. The lowest BCUT2D eigenvalue weighted by molar-refractivity contribution is 0.608. The molecule has 0 unspecified atom stereocenters. The van der Waals surface area contributed by atoms with Crippen LogP contribution < -0.4 is 10.2 Å². The standard InChI is InChI=1S/C16H21Cl2N5/c1-10(2)22-8-7-20-16(22)21-15(19)23(11(3)4)12-5-6-13(17)14(18)9-12/h5-11H,1-4H3,(H2,19,20,21). The number of aromatic nitrogens is 2. The van der Waals surface area contributed by atoms with Gasteiger partial charge in [-0.05, 0) is 45.9 Å². The minimum Gasteiger partial charge on any atom is -0.315 e. The molecule has 1 aromatic heterocycles. The van der Waals surface area contributed by atoms with Crippen LogP contribution >= 0.6 is 23.2 Å². The second kappa shape index (κ2) is 7.23. The molecule has 2 aromatic rings. The van der Waals surface area contributed by atoms with Crippen molar-refractivity contribution in [2.75, 3.05) is 10.2 Å². The van der Waals surface area contributed by atoms with E-state index in [1.165, 1.54) is 0 Å². The maximum absolute atomic E-state index is 8.44. The van der Waals surface area contributed by atoms with Crippen LogP contribution in [0.1, 0.15) is 33.7 Å². The highest BCUT2D eigenvalue weighted by Gasteiger charge is 2.19. The quantitative estimate of drug-likeness (QED) is 0.598. The summed E-state index contributed by atoms with van der Waals surface area (Å²) in [6.07, 6.45) is 3.60. The van der Waals surface area contributed by atoms with E-state index in [0.717, 1.165) is 5.69 Å². The van der Waals surface area contributed by atoms with Crippen molar-refractivity contribution in [1.29, 1.82) is 5.41 Å². The van der Waals surface area contributed by atoms with Gasteiger partial charge < -0.3 is 9.47 Å². The zero-order valence-corrected chi connectivity index (χ0v) is 15.2. The van der Waals surface area contributed by atoms with Crippen LogP contribution in [0.4, 0.5) is 11.6 Å². The van der Waals surface area contributed by atoms with Gasteiger partial charge in [0.05, 0.1) is 10.0 Å². The van der Waals surface area contributed by atoms with E-state index in [2.05, 4.69) is 24.1 Å².